The topological polar surface area (TPSA) is 86.8 Å². The van der Waals surface area contributed by atoms with Gasteiger partial charge in [-0.15, -0.1) is 0 Å². The zero-order chi connectivity index (χ0) is 20.2. The van der Waals surface area contributed by atoms with Gasteiger partial charge in [0.25, 0.3) is 5.91 Å². The summed E-state index contributed by atoms with van der Waals surface area (Å²) in [6.45, 7) is 2.26. The molecule has 7 nitrogen and oxygen atoms in total. The van der Waals surface area contributed by atoms with Crippen LogP contribution in [0.1, 0.15) is 60.9 Å². The molecule has 2 saturated heterocycles. The molecule has 1 spiro atoms. The number of carbonyl (C=O) groups excluding carboxylic acids is 4. The highest BCUT2D eigenvalue weighted by atomic mass is 16.2. The van der Waals surface area contributed by atoms with Crippen molar-refractivity contribution in [2.75, 3.05) is 18.0 Å². The fourth-order valence-electron chi connectivity index (χ4n) is 5.42. The number of anilines is 1. The van der Waals surface area contributed by atoms with E-state index >= 15 is 0 Å². The Labute approximate surface area is 169 Å². The van der Waals surface area contributed by atoms with Crippen LogP contribution >= 0.6 is 0 Å². The Hall–Kier alpha value is -2.70. The zero-order valence-electron chi connectivity index (χ0n) is 16.4. The monoisotopic (exact) mass is 395 g/mol. The minimum absolute atomic E-state index is 0.136. The summed E-state index contributed by atoms with van der Waals surface area (Å²) in [4.78, 5) is 52.1. The summed E-state index contributed by atoms with van der Waals surface area (Å²) in [7, 11) is 0. The van der Waals surface area contributed by atoms with Crippen LogP contribution in [0.2, 0.25) is 0 Å². The molecule has 0 bridgehead atoms. The SMILES string of the molecule is O=C1CCC2(CCN(c3ccc4c(c3)CN(C3CCC(=O)NC3=O)C4=O)CC2)C1. The lowest BCUT2D eigenvalue weighted by molar-refractivity contribution is -0.137. The fraction of sp³-hybridized carbons (Fsp3) is 0.545. The lowest BCUT2D eigenvalue weighted by atomic mass is 9.77. The van der Waals surface area contributed by atoms with Crippen molar-refractivity contribution in [2.24, 2.45) is 5.41 Å². The number of rotatable bonds is 2. The van der Waals surface area contributed by atoms with E-state index < -0.39 is 6.04 Å². The average Bonchev–Trinajstić information content (AvgIpc) is 3.22. The minimum atomic E-state index is -0.578. The Bertz CT molecular complexity index is 917. The quantitative estimate of drug-likeness (QED) is 0.772. The second-order valence-corrected chi connectivity index (χ2v) is 8.94. The Kier molecular flexibility index (Phi) is 4.22. The number of piperidine rings is 2. The van der Waals surface area contributed by atoms with E-state index in [1.54, 1.807) is 4.90 Å². The number of fused-ring (bicyclic) bond motifs is 1. The zero-order valence-corrected chi connectivity index (χ0v) is 16.4. The van der Waals surface area contributed by atoms with Gasteiger partial charge in [-0.3, -0.25) is 24.5 Å². The Morgan fingerprint density at radius 2 is 1.79 bits per heavy atom. The number of Topliss-reactive ketones (excluding diaryl/α,β-unsaturated/α-hetero) is 1. The molecule has 4 aliphatic rings. The number of ketones is 1. The third-order valence-corrected chi connectivity index (χ3v) is 7.20. The van der Waals surface area contributed by atoms with Crippen LogP contribution in [-0.4, -0.2) is 47.5 Å². The number of hydrogen-bond donors (Lipinski definition) is 1. The molecule has 1 unspecified atom stereocenters. The van der Waals surface area contributed by atoms with Crippen LogP contribution in [0, 0.1) is 5.41 Å². The van der Waals surface area contributed by atoms with Crippen LogP contribution in [0.15, 0.2) is 18.2 Å². The Balaban J connectivity index is 1.30. The molecule has 7 heteroatoms. The first-order chi connectivity index (χ1) is 13.9. The van der Waals surface area contributed by atoms with Gasteiger partial charge < -0.3 is 9.80 Å². The second kappa shape index (κ2) is 6.68. The predicted octanol–water partition coefficient (Wildman–Crippen LogP) is 1.79. The molecular formula is C22H25N3O4. The first-order valence-corrected chi connectivity index (χ1v) is 10.5. The molecule has 1 aromatic carbocycles. The number of hydrogen-bond acceptors (Lipinski definition) is 5. The summed E-state index contributed by atoms with van der Waals surface area (Å²) >= 11 is 0. The highest BCUT2D eigenvalue weighted by Gasteiger charge is 2.42. The molecule has 3 fully saturated rings. The maximum Gasteiger partial charge on any atom is 0.255 e. The molecule has 1 aliphatic carbocycles. The smallest absolute Gasteiger partial charge is 0.255 e. The number of imide groups is 1. The van der Waals surface area contributed by atoms with Crippen molar-refractivity contribution < 1.29 is 19.2 Å². The highest BCUT2D eigenvalue weighted by molar-refractivity contribution is 6.05. The maximum atomic E-state index is 12.8. The van der Waals surface area contributed by atoms with E-state index in [4.69, 9.17) is 0 Å². The first-order valence-electron chi connectivity index (χ1n) is 10.5. The van der Waals surface area contributed by atoms with Gasteiger partial charge in [0.15, 0.2) is 0 Å². The van der Waals surface area contributed by atoms with E-state index in [9.17, 15) is 19.2 Å². The molecule has 152 valence electrons. The number of amides is 3. The Morgan fingerprint density at radius 3 is 2.48 bits per heavy atom. The standard InChI is InChI=1S/C22H25N3O4/c26-16-5-6-22(12-16)7-9-24(10-8-22)15-1-2-17-14(11-15)13-25(21(17)29)18-3-4-19(27)23-20(18)28/h1-2,11,18H,3-10,12-13H2,(H,23,27,28). The van der Waals surface area contributed by atoms with Crippen LogP contribution in [0.3, 0.4) is 0 Å². The number of benzene rings is 1. The summed E-state index contributed by atoms with van der Waals surface area (Å²) in [6.07, 6.45) is 5.22. The molecule has 0 aromatic heterocycles. The van der Waals surface area contributed by atoms with Crippen LogP contribution in [0.4, 0.5) is 5.69 Å². The van der Waals surface area contributed by atoms with Gasteiger partial charge in [0.1, 0.15) is 11.8 Å². The normalized spacial score (nSPS) is 26.3. The molecule has 29 heavy (non-hydrogen) atoms. The van der Waals surface area contributed by atoms with Crippen molar-refractivity contribution in [1.82, 2.24) is 10.2 Å². The maximum absolute atomic E-state index is 12.8. The molecule has 3 heterocycles. The first kappa shape index (κ1) is 18.3. The van der Waals surface area contributed by atoms with Crippen molar-refractivity contribution in [3.63, 3.8) is 0 Å². The van der Waals surface area contributed by atoms with Crippen molar-refractivity contribution in [3.05, 3.63) is 29.3 Å². The van der Waals surface area contributed by atoms with E-state index in [1.165, 1.54) is 0 Å². The molecule has 3 amide bonds. The third-order valence-electron chi connectivity index (χ3n) is 7.20. The molecule has 3 aliphatic heterocycles. The molecule has 5 rings (SSSR count). The highest BCUT2D eigenvalue weighted by Crippen LogP contribution is 2.45. The summed E-state index contributed by atoms with van der Waals surface area (Å²) < 4.78 is 0. The summed E-state index contributed by atoms with van der Waals surface area (Å²) in [5.41, 5.74) is 2.89. The number of nitrogens with zero attached hydrogens (tertiary/aromatic N) is 2. The van der Waals surface area contributed by atoms with Gasteiger partial charge in [-0.05, 0) is 54.9 Å². The van der Waals surface area contributed by atoms with Crippen LogP contribution in [0.25, 0.3) is 0 Å². The number of nitrogens with one attached hydrogen (secondary N) is 1. The fourth-order valence-corrected chi connectivity index (χ4v) is 5.42. The van der Waals surface area contributed by atoms with Gasteiger partial charge >= 0.3 is 0 Å². The van der Waals surface area contributed by atoms with Crippen molar-refractivity contribution in [2.45, 2.75) is 57.5 Å². The van der Waals surface area contributed by atoms with E-state index in [-0.39, 0.29) is 29.6 Å². The Morgan fingerprint density at radius 1 is 1.00 bits per heavy atom. The average molecular weight is 395 g/mol. The van der Waals surface area contributed by atoms with E-state index in [1.807, 2.05) is 12.1 Å². The van der Waals surface area contributed by atoms with Gasteiger partial charge in [0, 0.05) is 50.1 Å². The van der Waals surface area contributed by atoms with Gasteiger partial charge in [0.2, 0.25) is 11.8 Å². The third kappa shape index (κ3) is 3.12. The predicted molar refractivity (Wildman–Crippen MR) is 105 cm³/mol. The van der Waals surface area contributed by atoms with E-state index in [2.05, 4.69) is 16.3 Å². The van der Waals surface area contributed by atoms with E-state index in [0.29, 0.717) is 24.3 Å². The van der Waals surface area contributed by atoms with Crippen molar-refractivity contribution >= 4 is 29.2 Å². The summed E-state index contributed by atoms with van der Waals surface area (Å²) in [5, 5.41) is 2.34. The number of carbonyl (C=O) groups is 4. The van der Waals surface area contributed by atoms with Crippen molar-refractivity contribution in [3.8, 4) is 0 Å². The molecule has 1 aromatic rings. The molecule has 1 N–H and O–H groups in total. The minimum Gasteiger partial charge on any atom is -0.371 e. The largest absolute Gasteiger partial charge is 0.371 e. The van der Waals surface area contributed by atoms with Gasteiger partial charge in [-0.1, -0.05) is 0 Å². The van der Waals surface area contributed by atoms with Gasteiger partial charge in [-0.2, -0.15) is 0 Å². The van der Waals surface area contributed by atoms with Gasteiger partial charge in [-0.25, -0.2) is 0 Å². The summed E-state index contributed by atoms with van der Waals surface area (Å²) in [6, 6.07) is 5.34. The van der Waals surface area contributed by atoms with Gasteiger partial charge in [0.05, 0.1) is 0 Å². The lowest BCUT2D eigenvalue weighted by Gasteiger charge is -2.40. The molecule has 1 atom stereocenters. The van der Waals surface area contributed by atoms with E-state index in [0.717, 1.165) is 56.4 Å². The van der Waals surface area contributed by atoms with Crippen LogP contribution in [-0.2, 0) is 20.9 Å². The lowest BCUT2D eigenvalue weighted by Crippen LogP contribution is -2.52. The molecular weight excluding hydrogens is 370 g/mol. The summed E-state index contributed by atoms with van der Waals surface area (Å²) in [5.74, 6) is -0.384. The molecule has 1 saturated carbocycles. The van der Waals surface area contributed by atoms with Crippen LogP contribution in [0.5, 0.6) is 0 Å². The van der Waals surface area contributed by atoms with Crippen LogP contribution < -0.4 is 10.2 Å². The molecule has 0 radical (unpaired) electrons. The second-order valence-electron chi connectivity index (χ2n) is 8.94. The van der Waals surface area contributed by atoms with Crippen molar-refractivity contribution in [1.29, 1.82) is 0 Å².